The van der Waals surface area contributed by atoms with Crippen LogP contribution < -0.4 is 5.56 Å². The first kappa shape index (κ1) is 17.2. The van der Waals surface area contributed by atoms with Crippen LogP contribution in [-0.4, -0.2) is 27.2 Å². The number of amides is 1. The van der Waals surface area contributed by atoms with E-state index in [9.17, 15) is 9.59 Å². The van der Waals surface area contributed by atoms with Crippen molar-refractivity contribution in [2.24, 2.45) is 0 Å². The Bertz CT molecular complexity index is 748. The topological polar surface area (TPSA) is 66.1 Å². The Balaban J connectivity index is 2.29. The number of carbonyl (C=O) groups excluding carboxylic acids is 1. The normalized spacial score (nSPS) is 12.7. The van der Waals surface area contributed by atoms with Crippen LogP contribution in [0.15, 0.2) is 4.79 Å². The summed E-state index contributed by atoms with van der Waals surface area (Å²) in [4.78, 5) is 31.4. The van der Waals surface area contributed by atoms with Crippen molar-refractivity contribution < 1.29 is 4.79 Å². The molecule has 2 aromatic rings. The molecule has 0 fully saturated rings. The summed E-state index contributed by atoms with van der Waals surface area (Å²) in [6.45, 7) is 8.09. The van der Waals surface area contributed by atoms with E-state index in [1.165, 1.54) is 0 Å². The third kappa shape index (κ3) is 3.11. The second-order valence-corrected chi connectivity index (χ2v) is 7.68. The van der Waals surface area contributed by atoms with Crippen molar-refractivity contribution in [1.29, 1.82) is 0 Å². The SMILES string of the molecule is Cc1nc(C(C)C)sc1C(C)N(C)C(=O)c1s[nH]c(=O)c1Cl. The van der Waals surface area contributed by atoms with Gasteiger partial charge < -0.3 is 4.90 Å². The van der Waals surface area contributed by atoms with Crippen molar-refractivity contribution in [2.75, 3.05) is 7.05 Å². The minimum Gasteiger partial charge on any atom is -0.333 e. The maximum absolute atomic E-state index is 12.5. The maximum Gasteiger partial charge on any atom is 0.277 e. The molecule has 1 N–H and O–H groups in total. The maximum atomic E-state index is 12.5. The number of aromatic amines is 1. The van der Waals surface area contributed by atoms with E-state index in [4.69, 9.17) is 11.6 Å². The first-order valence-corrected chi connectivity index (χ1v) is 8.86. The second-order valence-electron chi connectivity index (χ2n) is 5.42. The predicted molar refractivity (Wildman–Crippen MR) is 91.4 cm³/mol. The summed E-state index contributed by atoms with van der Waals surface area (Å²) in [7, 11) is 1.71. The van der Waals surface area contributed by atoms with E-state index >= 15 is 0 Å². The predicted octanol–water partition coefficient (Wildman–Crippen LogP) is 3.81. The highest BCUT2D eigenvalue weighted by Gasteiger charge is 2.26. The number of aryl methyl sites for hydroxylation is 1. The zero-order valence-electron chi connectivity index (χ0n) is 13.1. The summed E-state index contributed by atoms with van der Waals surface area (Å²) in [5.41, 5.74) is 0.515. The third-order valence-corrected chi connectivity index (χ3v) is 6.43. The number of carbonyl (C=O) groups is 1. The zero-order valence-corrected chi connectivity index (χ0v) is 15.4. The number of nitrogens with one attached hydrogen (secondary N) is 1. The molecule has 0 radical (unpaired) electrons. The van der Waals surface area contributed by atoms with Crippen LogP contribution in [0.1, 0.15) is 58.0 Å². The quantitative estimate of drug-likeness (QED) is 0.902. The number of rotatable bonds is 4. The number of halogens is 1. The molecule has 0 aliphatic heterocycles. The molecule has 120 valence electrons. The lowest BCUT2D eigenvalue weighted by Crippen LogP contribution is -2.29. The monoisotopic (exact) mass is 359 g/mol. The van der Waals surface area contributed by atoms with Crippen molar-refractivity contribution in [1.82, 2.24) is 14.3 Å². The minimum atomic E-state index is -0.424. The second kappa shape index (κ2) is 6.52. The number of H-pyrrole nitrogens is 1. The summed E-state index contributed by atoms with van der Waals surface area (Å²) in [5.74, 6) is 0.0924. The van der Waals surface area contributed by atoms with Gasteiger partial charge in [-0.05, 0) is 13.8 Å². The molecule has 8 heteroatoms. The molecule has 2 heterocycles. The van der Waals surface area contributed by atoms with Gasteiger partial charge >= 0.3 is 0 Å². The lowest BCUT2D eigenvalue weighted by Gasteiger charge is -2.23. The number of nitrogens with zero attached hydrogens (tertiary/aromatic N) is 2. The Labute approximate surface area is 142 Å². The fraction of sp³-hybridized carbons (Fsp3) is 0.500. The molecule has 0 aliphatic carbocycles. The smallest absolute Gasteiger partial charge is 0.277 e. The Morgan fingerprint density at radius 3 is 2.45 bits per heavy atom. The summed E-state index contributed by atoms with van der Waals surface area (Å²) >= 11 is 8.47. The van der Waals surface area contributed by atoms with Crippen LogP contribution >= 0.6 is 34.5 Å². The molecular formula is C14H18ClN3O2S2. The van der Waals surface area contributed by atoms with Crippen LogP contribution in [0.25, 0.3) is 0 Å². The minimum absolute atomic E-state index is 0.0436. The van der Waals surface area contributed by atoms with Crippen molar-refractivity contribution >= 4 is 40.4 Å². The Morgan fingerprint density at radius 2 is 2.00 bits per heavy atom. The molecule has 5 nitrogen and oxygen atoms in total. The van der Waals surface area contributed by atoms with Gasteiger partial charge in [0.15, 0.2) is 0 Å². The largest absolute Gasteiger partial charge is 0.333 e. The van der Waals surface area contributed by atoms with Gasteiger partial charge in [-0.3, -0.25) is 14.0 Å². The van der Waals surface area contributed by atoms with Gasteiger partial charge in [0.25, 0.3) is 11.5 Å². The molecule has 2 rings (SSSR count). The average Bonchev–Trinajstić information content (AvgIpc) is 3.01. The van der Waals surface area contributed by atoms with Gasteiger partial charge in [-0.15, -0.1) is 11.3 Å². The van der Waals surface area contributed by atoms with Gasteiger partial charge in [0, 0.05) is 17.8 Å². The van der Waals surface area contributed by atoms with E-state index in [0.29, 0.717) is 5.92 Å². The lowest BCUT2D eigenvalue weighted by molar-refractivity contribution is 0.0749. The van der Waals surface area contributed by atoms with E-state index in [2.05, 4.69) is 23.2 Å². The third-order valence-electron chi connectivity index (χ3n) is 3.46. The standard InChI is InChI=1S/C14H18ClN3O2S2/c1-6(2)13-16-7(3)10(21-13)8(4)18(5)14(20)11-9(15)12(19)17-22-11/h6,8H,1-5H3,(H,17,19). The van der Waals surface area contributed by atoms with Crippen LogP contribution in [-0.2, 0) is 0 Å². The molecule has 0 saturated heterocycles. The first-order valence-electron chi connectivity index (χ1n) is 6.85. The molecule has 2 aromatic heterocycles. The number of aromatic nitrogens is 2. The average molecular weight is 360 g/mol. The Kier molecular flexibility index (Phi) is 5.09. The molecule has 1 amide bonds. The van der Waals surface area contributed by atoms with Crippen molar-refractivity contribution in [3.63, 3.8) is 0 Å². The number of thiazole rings is 1. The summed E-state index contributed by atoms with van der Waals surface area (Å²) in [6, 6.07) is -0.134. The van der Waals surface area contributed by atoms with Crippen LogP contribution in [0.2, 0.25) is 5.02 Å². The lowest BCUT2D eigenvalue weighted by atomic mass is 10.2. The van der Waals surface area contributed by atoms with Gasteiger partial charge in [-0.1, -0.05) is 37.0 Å². The molecule has 0 bridgehead atoms. The highest BCUT2D eigenvalue weighted by molar-refractivity contribution is 7.12. The Morgan fingerprint density at radius 1 is 1.36 bits per heavy atom. The zero-order chi connectivity index (χ0) is 16.6. The van der Waals surface area contributed by atoms with Crippen LogP contribution in [0.5, 0.6) is 0 Å². The van der Waals surface area contributed by atoms with Crippen molar-refractivity contribution in [2.45, 2.75) is 39.7 Å². The van der Waals surface area contributed by atoms with Gasteiger partial charge in [0.05, 0.1) is 16.7 Å². The van der Waals surface area contributed by atoms with Gasteiger partial charge in [0.1, 0.15) is 9.90 Å². The van der Waals surface area contributed by atoms with Crippen molar-refractivity contribution in [3.8, 4) is 0 Å². The van der Waals surface area contributed by atoms with E-state index in [1.807, 2.05) is 13.8 Å². The molecule has 0 aromatic carbocycles. The van der Waals surface area contributed by atoms with Crippen molar-refractivity contribution in [3.05, 3.63) is 35.8 Å². The molecule has 0 saturated carbocycles. The van der Waals surface area contributed by atoms with Gasteiger partial charge in [-0.2, -0.15) is 0 Å². The molecule has 0 spiro atoms. The van der Waals surface area contributed by atoms with Gasteiger partial charge in [0.2, 0.25) is 0 Å². The number of hydrogen-bond donors (Lipinski definition) is 1. The Hall–Kier alpha value is -1.18. The van der Waals surface area contributed by atoms with Gasteiger partial charge in [-0.25, -0.2) is 4.98 Å². The van der Waals surface area contributed by atoms with E-state index < -0.39 is 5.56 Å². The molecule has 22 heavy (non-hydrogen) atoms. The van der Waals surface area contributed by atoms with Crippen LogP contribution in [0.4, 0.5) is 0 Å². The number of hydrogen-bond acceptors (Lipinski definition) is 5. The highest BCUT2D eigenvalue weighted by atomic mass is 35.5. The fourth-order valence-electron chi connectivity index (χ4n) is 2.00. The first-order chi connectivity index (χ1) is 10.2. The van der Waals surface area contributed by atoms with Crippen LogP contribution in [0.3, 0.4) is 0 Å². The van der Waals surface area contributed by atoms with E-state index in [1.54, 1.807) is 23.3 Å². The highest BCUT2D eigenvalue weighted by Crippen LogP contribution is 2.33. The van der Waals surface area contributed by atoms with E-state index in [0.717, 1.165) is 27.1 Å². The van der Waals surface area contributed by atoms with Crippen LogP contribution in [0, 0.1) is 6.92 Å². The fourth-order valence-corrected chi connectivity index (χ4v) is 4.18. The summed E-state index contributed by atoms with van der Waals surface area (Å²) < 4.78 is 2.48. The summed E-state index contributed by atoms with van der Waals surface area (Å²) in [5, 5.41) is 1.02. The molecular weight excluding hydrogens is 342 g/mol. The molecule has 1 unspecified atom stereocenters. The molecule has 1 atom stereocenters. The summed E-state index contributed by atoms with van der Waals surface area (Å²) in [6.07, 6.45) is 0. The molecule has 0 aliphatic rings. The van der Waals surface area contributed by atoms with E-state index in [-0.39, 0.29) is 21.8 Å².